The predicted molar refractivity (Wildman–Crippen MR) is 63.6 cm³/mol. The van der Waals surface area contributed by atoms with E-state index in [0.29, 0.717) is 5.69 Å². The molecule has 0 amide bonds. The van der Waals surface area contributed by atoms with Gasteiger partial charge in [-0.1, -0.05) is 20.8 Å². The van der Waals surface area contributed by atoms with Crippen LogP contribution in [-0.2, 0) is 11.6 Å². The summed E-state index contributed by atoms with van der Waals surface area (Å²) in [4.78, 5) is 14.6. The number of aromatic carboxylic acids is 1. The zero-order valence-corrected chi connectivity index (χ0v) is 11.0. The Balaban J connectivity index is 2.92. The maximum Gasteiger partial charge on any atom is 0.422 e. The van der Waals surface area contributed by atoms with Crippen molar-refractivity contribution in [2.75, 3.05) is 0 Å². The minimum Gasteiger partial charge on any atom is -0.476 e. The van der Waals surface area contributed by atoms with Crippen LogP contribution in [0.3, 0.4) is 0 Å². The summed E-state index contributed by atoms with van der Waals surface area (Å²) < 4.78 is 40.1. The van der Waals surface area contributed by atoms with Crippen molar-refractivity contribution < 1.29 is 23.1 Å². The molecule has 0 bridgehead atoms. The van der Waals surface area contributed by atoms with Gasteiger partial charge in [-0.3, -0.25) is 0 Å². The molecule has 5 nitrogen and oxygen atoms in total. The highest BCUT2D eigenvalue weighted by Gasteiger charge is 2.41. The van der Waals surface area contributed by atoms with Crippen molar-refractivity contribution in [3.05, 3.63) is 29.2 Å². The summed E-state index contributed by atoms with van der Waals surface area (Å²) in [7, 11) is 0. The molecule has 2 heterocycles. The van der Waals surface area contributed by atoms with Gasteiger partial charge in [0.05, 0.1) is 5.69 Å². The van der Waals surface area contributed by atoms with Crippen molar-refractivity contribution in [3.8, 4) is 0 Å². The third-order valence-corrected chi connectivity index (χ3v) is 2.77. The fraction of sp³-hybridized carbons (Fsp3) is 0.417. The molecule has 2 rings (SSSR count). The number of nitrogens with zero attached hydrogens (tertiary/aromatic N) is 3. The smallest absolute Gasteiger partial charge is 0.422 e. The van der Waals surface area contributed by atoms with E-state index in [4.69, 9.17) is 5.11 Å². The first kappa shape index (κ1) is 14.3. The minimum atomic E-state index is -4.83. The minimum absolute atomic E-state index is 0.445. The van der Waals surface area contributed by atoms with Crippen LogP contribution in [-0.4, -0.2) is 25.7 Å². The normalized spacial score (nSPS) is 12.9. The van der Waals surface area contributed by atoms with Gasteiger partial charge >= 0.3 is 12.1 Å². The van der Waals surface area contributed by atoms with Crippen LogP contribution in [0.1, 0.15) is 42.5 Å². The fourth-order valence-corrected chi connectivity index (χ4v) is 1.92. The van der Waals surface area contributed by atoms with Gasteiger partial charge in [0.2, 0.25) is 0 Å². The quantitative estimate of drug-likeness (QED) is 0.875. The Morgan fingerprint density at radius 2 is 1.90 bits per heavy atom. The molecule has 2 aromatic heterocycles. The van der Waals surface area contributed by atoms with Crippen molar-refractivity contribution in [1.29, 1.82) is 0 Å². The number of aromatic nitrogens is 3. The van der Waals surface area contributed by atoms with Gasteiger partial charge in [0.25, 0.3) is 0 Å². The Labute approximate surface area is 112 Å². The summed E-state index contributed by atoms with van der Waals surface area (Å²) in [6, 6.07) is 1.52. The molecule has 0 aliphatic heterocycles. The molecule has 2 aromatic rings. The zero-order valence-electron chi connectivity index (χ0n) is 11.0. The molecule has 0 saturated heterocycles. The molecule has 8 heteroatoms. The molecule has 0 fully saturated rings. The van der Waals surface area contributed by atoms with Crippen molar-refractivity contribution in [2.24, 2.45) is 0 Å². The number of rotatable bonds is 1. The van der Waals surface area contributed by atoms with Gasteiger partial charge in [0.15, 0.2) is 11.3 Å². The van der Waals surface area contributed by atoms with Gasteiger partial charge in [0, 0.05) is 11.6 Å². The van der Waals surface area contributed by atoms with Gasteiger partial charge in [0.1, 0.15) is 5.56 Å². The van der Waals surface area contributed by atoms with Crippen LogP contribution in [0, 0.1) is 0 Å². The predicted octanol–water partition coefficient (Wildman–Crippen LogP) is 2.74. The van der Waals surface area contributed by atoms with Crippen LogP contribution in [0.4, 0.5) is 13.2 Å². The fourth-order valence-electron chi connectivity index (χ4n) is 1.92. The molecule has 0 radical (unpaired) electrons. The highest BCUT2D eigenvalue weighted by molar-refractivity contribution is 5.89. The number of carboxylic acids is 1. The molecule has 0 aliphatic carbocycles. The van der Waals surface area contributed by atoms with Crippen LogP contribution < -0.4 is 0 Å². The number of hydrogen-bond acceptors (Lipinski definition) is 3. The van der Waals surface area contributed by atoms with E-state index < -0.39 is 34.5 Å². The van der Waals surface area contributed by atoms with Crippen LogP contribution in [0.25, 0.3) is 5.65 Å². The topological polar surface area (TPSA) is 67.5 Å². The maximum absolute atomic E-state index is 13.0. The molecule has 0 unspecified atom stereocenters. The Hall–Kier alpha value is -2.12. The van der Waals surface area contributed by atoms with Gasteiger partial charge < -0.3 is 5.11 Å². The first-order valence-corrected chi connectivity index (χ1v) is 5.72. The first-order valence-electron chi connectivity index (χ1n) is 5.72. The monoisotopic (exact) mass is 287 g/mol. The number of halogens is 3. The third-order valence-electron chi connectivity index (χ3n) is 2.77. The molecule has 108 valence electrons. The lowest BCUT2D eigenvalue weighted by Crippen LogP contribution is -2.17. The summed E-state index contributed by atoms with van der Waals surface area (Å²) in [6.07, 6.45) is -3.61. The lowest BCUT2D eigenvalue weighted by Gasteiger charge is -2.19. The number of alkyl halides is 3. The Morgan fingerprint density at radius 3 is 2.35 bits per heavy atom. The molecule has 20 heavy (non-hydrogen) atoms. The van der Waals surface area contributed by atoms with Crippen molar-refractivity contribution in [3.63, 3.8) is 0 Å². The van der Waals surface area contributed by atoms with Gasteiger partial charge in [-0.2, -0.15) is 18.3 Å². The molecule has 0 spiro atoms. The maximum atomic E-state index is 13.0. The van der Waals surface area contributed by atoms with Crippen molar-refractivity contribution >= 4 is 11.6 Å². The van der Waals surface area contributed by atoms with E-state index in [1.807, 2.05) is 0 Å². The molecular weight excluding hydrogens is 275 g/mol. The average molecular weight is 287 g/mol. The van der Waals surface area contributed by atoms with Crippen LogP contribution in [0.5, 0.6) is 0 Å². The molecule has 0 aliphatic rings. The van der Waals surface area contributed by atoms with E-state index in [0.717, 1.165) is 4.52 Å². The first-order chi connectivity index (χ1) is 9.03. The highest BCUT2D eigenvalue weighted by Crippen LogP contribution is 2.35. The molecule has 0 aromatic carbocycles. The van der Waals surface area contributed by atoms with Gasteiger partial charge in [-0.05, 0) is 6.07 Å². The second-order valence-electron chi connectivity index (χ2n) is 5.34. The summed E-state index contributed by atoms with van der Waals surface area (Å²) in [5.41, 5.74) is -2.92. The van der Waals surface area contributed by atoms with Gasteiger partial charge in [-0.25, -0.2) is 14.3 Å². The molecule has 1 N–H and O–H groups in total. The van der Waals surface area contributed by atoms with Crippen LogP contribution in [0.2, 0.25) is 0 Å². The summed E-state index contributed by atoms with van der Waals surface area (Å²) in [5, 5.41) is 12.5. The summed E-state index contributed by atoms with van der Waals surface area (Å²) >= 11 is 0. The van der Waals surface area contributed by atoms with Crippen molar-refractivity contribution in [2.45, 2.75) is 32.4 Å². The van der Waals surface area contributed by atoms with E-state index in [1.54, 1.807) is 20.8 Å². The van der Waals surface area contributed by atoms with E-state index in [-0.39, 0.29) is 0 Å². The Morgan fingerprint density at radius 1 is 1.30 bits per heavy atom. The number of carboxylic acid groups (broad SMARTS) is 1. The standard InChI is InChI=1S/C12H12F3N3O2/c1-11(2,3)6-4-5-16-9-7(12(13,14)15)8(10(19)20)17-18(6)9/h4-5H,1-3H3,(H,19,20). The molecule has 0 saturated carbocycles. The Bertz CT molecular complexity index is 684. The summed E-state index contributed by atoms with van der Waals surface area (Å²) in [5.74, 6) is -1.73. The van der Waals surface area contributed by atoms with Crippen molar-refractivity contribution in [1.82, 2.24) is 14.6 Å². The van der Waals surface area contributed by atoms with E-state index in [9.17, 15) is 18.0 Å². The largest absolute Gasteiger partial charge is 0.476 e. The Kier molecular flexibility index (Phi) is 2.99. The second kappa shape index (κ2) is 4.19. The average Bonchev–Trinajstić information content (AvgIpc) is 2.65. The van der Waals surface area contributed by atoms with E-state index >= 15 is 0 Å². The second-order valence-corrected chi connectivity index (χ2v) is 5.34. The van der Waals surface area contributed by atoms with E-state index in [1.165, 1.54) is 12.3 Å². The number of carbonyl (C=O) groups is 1. The number of fused-ring (bicyclic) bond motifs is 1. The number of hydrogen-bond donors (Lipinski definition) is 1. The van der Waals surface area contributed by atoms with Gasteiger partial charge in [-0.15, -0.1) is 0 Å². The third kappa shape index (κ3) is 2.21. The lowest BCUT2D eigenvalue weighted by atomic mass is 9.92. The molecule has 0 atom stereocenters. The lowest BCUT2D eigenvalue weighted by molar-refractivity contribution is -0.137. The zero-order chi connectivity index (χ0) is 15.3. The highest BCUT2D eigenvalue weighted by atomic mass is 19.4. The SMILES string of the molecule is CC(C)(C)c1ccnc2c(C(F)(F)F)c(C(=O)O)nn12. The summed E-state index contributed by atoms with van der Waals surface area (Å²) in [6.45, 7) is 5.37. The molecular formula is C12H12F3N3O2. The van der Waals surface area contributed by atoms with E-state index in [2.05, 4.69) is 10.1 Å². The van der Waals surface area contributed by atoms with Crippen LogP contribution in [0.15, 0.2) is 12.3 Å². The van der Waals surface area contributed by atoms with Crippen LogP contribution >= 0.6 is 0 Å².